The highest BCUT2D eigenvalue weighted by molar-refractivity contribution is 5.95. The van der Waals surface area contributed by atoms with Crippen molar-refractivity contribution in [2.75, 3.05) is 18.1 Å². The quantitative estimate of drug-likeness (QED) is 0.893. The molecule has 1 aromatic carbocycles. The lowest BCUT2D eigenvalue weighted by Gasteiger charge is -2.35. The van der Waals surface area contributed by atoms with E-state index in [-0.39, 0.29) is 24.5 Å². The van der Waals surface area contributed by atoms with Crippen LogP contribution in [0.1, 0.15) is 46.0 Å². The van der Waals surface area contributed by atoms with Gasteiger partial charge >= 0.3 is 0 Å². The van der Waals surface area contributed by atoms with Gasteiger partial charge in [0.2, 0.25) is 5.91 Å². The van der Waals surface area contributed by atoms with Crippen molar-refractivity contribution in [3.63, 3.8) is 0 Å². The summed E-state index contributed by atoms with van der Waals surface area (Å²) in [5.74, 6) is 1.72. The summed E-state index contributed by atoms with van der Waals surface area (Å²) in [6.45, 7) is 5.17. The molecule has 5 heteroatoms. The fraction of sp³-hybridized carbons (Fsp3) is 0.600. The second-order valence-corrected chi connectivity index (χ2v) is 7.41. The van der Waals surface area contributed by atoms with Gasteiger partial charge in [-0.05, 0) is 43.2 Å². The van der Waals surface area contributed by atoms with Crippen LogP contribution in [-0.2, 0) is 9.59 Å². The molecule has 1 N–H and O–H groups in total. The number of ether oxygens (including phenoxy) is 1. The van der Waals surface area contributed by atoms with Crippen molar-refractivity contribution >= 4 is 17.5 Å². The summed E-state index contributed by atoms with van der Waals surface area (Å²) in [7, 11) is 0. The molecule has 25 heavy (non-hydrogen) atoms. The van der Waals surface area contributed by atoms with Crippen LogP contribution >= 0.6 is 0 Å². The zero-order valence-corrected chi connectivity index (χ0v) is 15.2. The van der Waals surface area contributed by atoms with E-state index in [1.165, 1.54) is 19.3 Å². The molecule has 0 aromatic heterocycles. The standard InChI is InChI=1S/C20H28N2O3/c1-14-6-3-7-15(2)20(14)21-18(23)13-25-17-9-4-8-16(12-17)22-11-5-10-19(22)24/h4,8-9,12,14-15,20H,3,5-7,10-11,13H2,1-2H3,(H,21,23). The fourth-order valence-corrected chi connectivity index (χ4v) is 4.01. The lowest BCUT2D eigenvalue weighted by Crippen LogP contribution is -2.47. The van der Waals surface area contributed by atoms with Gasteiger partial charge in [-0.25, -0.2) is 0 Å². The molecule has 1 aliphatic heterocycles. The van der Waals surface area contributed by atoms with Gasteiger partial charge in [0.05, 0.1) is 0 Å². The Labute approximate surface area is 149 Å². The maximum Gasteiger partial charge on any atom is 0.258 e. The molecule has 5 nitrogen and oxygen atoms in total. The van der Waals surface area contributed by atoms with Crippen molar-refractivity contribution in [1.29, 1.82) is 0 Å². The molecule has 2 fully saturated rings. The van der Waals surface area contributed by atoms with E-state index in [2.05, 4.69) is 19.2 Å². The van der Waals surface area contributed by atoms with Crippen LogP contribution in [-0.4, -0.2) is 31.0 Å². The minimum absolute atomic E-state index is 0.00728. The monoisotopic (exact) mass is 344 g/mol. The molecule has 2 atom stereocenters. The Bertz CT molecular complexity index is 621. The van der Waals surface area contributed by atoms with Gasteiger partial charge in [-0.15, -0.1) is 0 Å². The molecule has 2 unspecified atom stereocenters. The maximum absolute atomic E-state index is 12.3. The molecule has 0 spiro atoms. The molecular formula is C20H28N2O3. The summed E-state index contributed by atoms with van der Waals surface area (Å²) in [5.41, 5.74) is 0.843. The van der Waals surface area contributed by atoms with Gasteiger partial charge in [0, 0.05) is 30.8 Å². The minimum Gasteiger partial charge on any atom is -0.484 e. The van der Waals surface area contributed by atoms with Crippen molar-refractivity contribution in [3.05, 3.63) is 24.3 Å². The number of anilines is 1. The number of nitrogens with one attached hydrogen (secondary N) is 1. The van der Waals surface area contributed by atoms with Crippen molar-refractivity contribution in [1.82, 2.24) is 5.32 Å². The summed E-state index contributed by atoms with van der Waals surface area (Å²) in [6, 6.07) is 7.66. The molecule has 2 amide bonds. The van der Waals surface area contributed by atoms with Crippen molar-refractivity contribution in [2.45, 2.75) is 52.0 Å². The third-order valence-corrected chi connectivity index (χ3v) is 5.45. The summed E-state index contributed by atoms with van der Waals surface area (Å²) in [4.78, 5) is 25.9. The Kier molecular flexibility index (Phi) is 5.61. The van der Waals surface area contributed by atoms with Gasteiger partial charge in [0.1, 0.15) is 5.75 Å². The first-order chi connectivity index (χ1) is 12.0. The average Bonchev–Trinajstić information content (AvgIpc) is 3.03. The smallest absolute Gasteiger partial charge is 0.258 e. The number of hydrogen-bond donors (Lipinski definition) is 1. The average molecular weight is 344 g/mol. The van der Waals surface area contributed by atoms with Crippen LogP contribution in [0.3, 0.4) is 0 Å². The molecule has 1 saturated heterocycles. The Morgan fingerprint density at radius 2 is 2.00 bits per heavy atom. The zero-order chi connectivity index (χ0) is 17.8. The Balaban J connectivity index is 1.54. The molecular weight excluding hydrogens is 316 g/mol. The summed E-state index contributed by atoms with van der Waals surface area (Å²) in [5, 5.41) is 3.14. The molecule has 1 aromatic rings. The normalized spacial score (nSPS) is 26.6. The van der Waals surface area contributed by atoms with E-state index < -0.39 is 0 Å². The predicted octanol–water partition coefficient (Wildman–Crippen LogP) is 3.13. The van der Waals surface area contributed by atoms with Crippen LogP contribution in [0.2, 0.25) is 0 Å². The van der Waals surface area contributed by atoms with Crippen LogP contribution in [0.5, 0.6) is 5.75 Å². The van der Waals surface area contributed by atoms with E-state index in [0.717, 1.165) is 18.7 Å². The Morgan fingerprint density at radius 1 is 1.24 bits per heavy atom. The third-order valence-electron chi connectivity index (χ3n) is 5.45. The summed E-state index contributed by atoms with van der Waals surface area (Å²) >= 11 is 0. The Morgan fingerprint density at radius 3 is 2.68 bits per heavy atom. The van der Waals surface area contributed by atoms with Gasteiger partial charge in [0.25, 0.3) is 5.91 Å². The SMILES string of the molecule is CC1CCCC(C)C1NC(=O)COc1cccc(N2CCCC2=O)c1. The number of rotatable bonds is 5. The lowest BCUT2D eigenvalue weighted by atomic mass is 9.79. The number of amides is 2. The van der Waals surface area contributed by atoms with Gasteiger partial charge in [-0.2, -0.15) is 0 Å². The van der Waals surface area contributed by atoms with Crippen LogP contribution in [0, 0.1) is 11.8 Å². The van der Waals surface area contributed by atoms with Crippen molar-refractivity contribution in [2.24, 2.45) is 11.8 Å². The molecule has 3 rings (SSSR count). The number of carbonyl (C=O) groups is 2. The second-order valence-electron chi connectivity index (χ2n) is 7.41. The van der Waals surface area contributed by atoms with E-state index in [1.54, 1.807) is 4.90 Å². The highest BCUT2D eigenvalue weighted by Gasteiger charge is 2.29. The zero-order valence-electron chi connectivity index (χ0n) is 15.2. The van der Waals surface area contributed by atoms with Crippen molar-refractivity contribution < 1.29 is 14.3 Å². The first-order valence-electron chi connectivity index (χ1n) is 9.37. The topological polar surface area (TPSA) is 58.6 Å². The van der Waals surface area contributed by atoms with Crippen LogP contribution < -0.4 is 15.0 Å². The molecule has 1 heterocycles. The second kappa shape index (κ2) is 7.89. The maximum atomic E-state index is 12.3. The van der Waals surface area contributed by atoms with Gasteiger partial charge in [0.15, 0.2) is 6.61 Å². The van der Waals surface area contributed by atoms with E-state index in [0.29, 0.717) is 24.0 Å². The highest BCUT2D eigenvalue weighted by Crippen LogP contribution is 2.29. The number of hydrogen-bond acceptors (Lipinski definition) is 3. The highest BCUT2D eigenvalue weighted by atomic mass is 16.5. The molecule has 136 valence electrons. The van der Waals surface area contributed by atoms with Crippen LogP contribution in [0.4, 0.5) is 5.69 Å². The predicted molar refractivity (Wildman–Crippen MR) is 97.6 cm³/mol. The van der Waals surface area contributed by atoms with Gasteiger partial charge < -0.3 is 15.0 Å². The number of carbonyl (C=O) groups excluding carboxylic acids is 2. The molecule has 1 saturated carbocycles. The van der Waals surface area contributed by atoms with Crippen molar-refractivity contribution in [3.8, 4) is 5.75 Å². The van der Waals surface area contributed by atoms with E-state index in [1.807, 2.05) is 24.3 Å². The summed E-state index contributed by atoms with van der Waals surface area (Å²) < 4.78 is 5.67. The van der Waals surface area contributed by atoms with Gasteiger partial charge in [-0.1, -0.05) is 26.3 Å². The van der Waals surface area contributed by atoms with Crippen LogP contribution in [0.25, 0.3) is 0 Å². The first kappa shape index (κ1) is 17.8. The molecule has 0 radical (unpaired) electrons. The van der Waals surface area contributed by atoms with E-state index in [4.69, 9.17) is 4.74 Å². The van der Waals surface area contributed by atoms with Gasteiger partial charge in [-0.3, -0.25) is 9.59 Å². The van der Waals surface area contributed by atoms with E-state index >= 15 is 0 Å². The molecule has 2 aliphatic rings. The number of benzene rings is 1. The van der Waals surface area contributed by atoms with Crippen LogP contribution in [0.15, 0.2) is 24.3 Å². The number of nitrogens with zero attached hydrogens (tertiary/aromatic N) is 1. The third kappa shape index (κ3) is 4.33. The fourth-order valence-electron chi connectivity index (χ4n) is 4.01. The largest absolute Gasteiger partial charge is 0.484 e. The first-order valence-corrected chi connectivity index (χ1v) is 9.37. The lowest BCUT2D eigenvalue weighted by molar-refractivity contribution is -0.124. The van der Waals surface area contributed by atoms with E-state index in [9.17, 15) is 9.59 Å². The molecule has 1 aliphatic carbocycles. The Hall–Kier alpha value is -2.04. The minimum atomic E-state index is -0.0757. The summed E-state index contributed by atoms with van der Waals surface area (Å²) in [6.07, 6.45) is 5.08. The molecule has 0 bridgehead atoms.